The summed E-state index contributed by atoms with van der Waals surface area (Å²) in [5.74, 6) is -0.994. The van der Waals surface area contributed by atoms with Crippen molar-refractivity contribution in [2.75, 3.05) is 6.61 Å². The van der Waals surface area contributed by atoms with Crippen LogP contribution in [0.15, 0.2) is 47.6 Å². The Morgan fingerprint density at radius 3 is 2.90 bits per heavy atom. The highest BCUT2D eigenvalue weighted by Gasteiger charge is 2.12. The maximum Gasteiger partial charge on any atom is 0.282 e. The number of halogens is 1. The molecule has 1 aromatic carbocycles. The van der Waals surface area contributed by atoms with Crippen LogP contribution in [0.1, 0.15) is 17.3 Å². The average Bonchev–Trinajstić information content (AvgIpc) is 2.42. The van der Waals surface area contributed by atoms with Gasteiger partial charge in [-0.1, -0.05) is 6.07 Å². The van der Waals surface area contributed by atoms with Crippen molar-refractivity contribution in [1.82, 2.24) is 4.73 Å². The van der Waals surface area contributed by atoms with Gasteiger partial charge >= 0.3 is 0 Å². The predicted octanol–water partition coefficient (Wildman–Crippen LogP) is 2.00. The third-order valence-electron chi connectivity index (χ3n) is 2.51. The molecule has 104 valence electrons. The molecule has 0 spiro atoms. The summed E-state index contributed by atoms with van der Waals surface area (Å²) in [6.45, 7) is 2.03. The fourth-order valence-corrected chi connectivity index (χ4v) is 1.63. The zero-order chi connectivity index (χ0) is 14.5. The molecule has 0 saturated heterocycles. The Morgan fingerprint density at radius 2 is 2.20 bits per heavy atom. The second-order valence-electron chi connectivity index (χ2n) is 3.89. The first kappa shape index (κ1) is 13.8. The number of hydrogen-bond acceptors (Lipinski definition) is 3. The molecule has 0 bridgehead atoms. The van der Waals surface area contributed by atoms with Gasteiger partial charge in [0.15, 0.2) is 5.49 Å². The quantitative estimate of drug-likeness (QED) is 0.872. The number of hydrogen-bond donors (Lipinski definition) is 1. The van der Waals surface area contributed by atoms with Crippen molar-refractivity contribution in [1.29, 1.82) is 0 Å². The minimum atomic E-state index is -0.623. The Bertz CT molecular complexity index is 695. The Hall–Kier alpha value is -2.63. The molecule has 1 aromatic heterocycles. The summed E-state index contributed by atoms with van der Waals surface area (Å²) < 4.78 is 19.1. The molecule has 0 fully saturated rings. The standard InChI is InChI=1S/C14H13FN2O3/c1-2-20-12-9-10(15)6-7-11(12)14(18)16-13-5-3-4-8-17(13)19/h3-9,19H,2H2,1H3. The van der Waals surface area contributed by atoms with E-state index < -0.39 is 11.7 Å². The highest BCUT2D eigenvalue weighted by molar-refractivity contribution is 5.97. The minimum Gasteiger partial charge on any atom is -0.493 e. The van der Waals surface area contributed by atoms with Crippen LogP contribution in [-0.4, -0.2) is 22.5 Å². The second kappa shape index (κ2) is 6.01. The Morgan fingerprint density at radius 1 is 1.40 bits per heavy atom. The molecular formula is C14H13FN2O3. The number of amides is 1. The summed E-state index contributed by atoms with van der Waals surface area (Å²) in [7, 11) is 0. The molecule has 1 amide bonds. The van der Waals surface area contributed by atoms with Gasteiger partial charge in [0, 0.05) is 12.3 Å². The summed E-state index contributed by atoms with van der Waals surface area (Å²) >= 11 is 0. The molecule has 0 unspecified atom stereocenters. The molecule has 6 heteroatoms. The number of ether oxygens (including phenoxy) is 1. The highest BCUT2D eigenvalue weighted by atomic mass is 19.1. The van der Waals surface area contributed by atoms with Gasteiger partial charge in [-0.2, -0.15) is 9.72 Å². The van der Waals surface area contributed by atoms with Crippen LogP contribution in [0.3, 0.4) is 0 Å². The lowest BCUT2D eigenvalue weighted by Crippen LogP contribution is -2.19. The van der Waals surface area contributed by atoms with Gasteiger partial charge in [0.05, 0.1) is 12.2 Å². The van der Waals surface area contributed by atoms with Crippen LogP contribution in [0, 0.1) is 5.82 Å². The fourth-order valence-electron chi connectivity index (χ4n) is 1.63. The number of nitrogens with zero attached hydrogens (tertiary/aromatic N) is 2. The molecule has 2 rings (SSSR count). The zero-order valence-electron chi connectivity index (χ0n) is 10.8. The monoisotopic (exact) mass is 276 g/mol. The predicted molar refractivity (Wildman–Crippen MR) is 69.1 cm³/mol. The van der Waals surface area contributed by atoms with Gasteiger partial charge in [0.2, 0.25) is 0 Å². The molecule has 0 saturated carbocycles. The lowest BCUT2D eigenvalue weighted by molar-refractivity contribution is 0.0984. The van der Waals surface area contributed by atoms with Crippen molar-refractivity contribution < 1.29 is 19.1 Å². The smallest absolute Gasteiger partial charge is 0.282 e. The maximum atomic E-state index is 13.2. The SMILES string of the molecule is CCOc1cc(F)ccc1C(=O)N=c1ccccn1O. The minimum absolute atomic E-state index is 0.0734. The van der Waals surface area contributed by atoms with Gasteiger partial charge in [-0.3, -0.25) is 4.79 Å². The molecule has 2 aromatic rings. The van der Waals surface area contributed by atoms with Gasteiger partial charge < -0.3 is 9.94 Å². The van der Waals surface area contributed by atoms with Crippen LogP contribution in [0.25, 0.3) is 0 Å². The van der Waals surface area contributed by atoms with E-state index in [2.05, 4.69) is 4.99 Å². The number of pyridine rings is 1. The van der Waals surface area contributed by atoms with Crippen molar-refractivity contribution in [3.63, 3.8) is 0 Å². The first-order chi connectivity index (χ1) is 9.61. The topological polar surface area (TPSA) is 63.8 Å². The molecule has 20 heavy (non-hydrogen) atoms. The number of benzene rings is 1. The number of carbonyl (C=O) groups excluding carboxylic acids is 1. The van der Waals surface area contributed by atoms with Crippen molar-refractivity contribution in [3.05, 3.63) is 59.5 Å². The first-order valence-corrected chi connectivity index (χ1v) is 6.00. The molecule has 0 radical (unpaired) electrons. The van der Waals surface area contributed by atoms with E-state index in [4.69, 9.17) is 4.74 Å². The molecular weight excluding hydrogens is 263 g/mol. The second-order valence-corrected chi connectivity index (χ2v) is 3.89. The summed E-state index contributed by atoms with van der Waals surface area (Å²) in [4.78, 5) is 15.9. The third kappa shape index (κ3) is 3.03. The van der Waals surface area contributed by atoms with Crippen LogP contribution in [0.5, 0.6) is 5.75 Å². The summed E-state index contributed by atoms with van der Waals surface area (Å²) in [5, 5.41) is 9.50. The largest absolute Gasteiger partial charge is 0.493 e. The van der Waals surface area contributed by atoms with E-state index in [0.29, 0.717) is 6.61 Å². The summed E-state index contributed by atoms with van der Waals surface area (Å²) in [5.41, 5.74) is 0.210. The van der Waals surface area contributed by atoms with Gasteiger partial charge in [-0.25, -0.2) is 4.39 Å². The average molecular weight is 276 g/mol. The van der Waals surface area contributed by atoms with Crippen LogP contribution in [0.4, 0.5) is 4.39 Å². The highest BCUT2D eigenvalue weighted by Crippen LogP contribution is 2.20. The van der Waals surface area contributed by atoms with E-state index >= 15 is 0 Å². The zero-order valence-corrected chi connectivity index (χ0v) is 10.8. The van der Waals surface area contributed by atoms with E-state index in [1.807, 2.05) is 0 Å². The fraction of sp³-hybridized carbons (Fsp3) is 0.143. The molecule has 1 heterocycles. The molecule has 1 N–H and O–H groups in total. The molecule has 0 atom stereocenters. The van der Waals surface area contributed by atoms with Crippen molar-refractivity contribution >= 4 is 5.91 Å². The Kier molecular flexibility index (Phi) is 4.14. The van der Waals surface area contributed by atoms with Crippen LogP contribution >= 0.6 is 0 Å². The molecule has 5 nitrogen and oxygen atoms in total. The Labute approximate surface area is 114 Å². The summed E-state index contributed by atoms with van der Waals surface area (Å²) in [6, 6.07) is 8.28. The van der Waals surface area contributed by atoms with Gasteiger partial charge in [-0.15, -0.1) is 0 Å². The van der Waals surface area contributed by atoms with Crippen LogP contribution < -0.4 is 10.2 Å². The van der Waals surface area contributed by atoms with E-state index in [1.165, 1.54) is 18.3 Å². The molecule has 0 aliphatic heterocycles. The van der Waals surface area contributed by atoms with E-state index in [-0.39, 0.29) is 16.8 Å². The Balaban J connectivity index is 2.44. The lowest BCUT2D eigenvalue weighted by atomic mass is 10.2. The van der Waals surface area contributed by atoms with Crippen LogP contribution in [-0.2, 0) is 0 Å². The first-order valence-electron chi connectivity index (χ1n) is 6.00. The summed E-state index contributed by atoms with van der Waals surface area (Å²) in [6.07, 6.45) is 1.35. The lowest BCUT2D eigenvalue weighted by Gasteiger charge is -2.07. The van der Waals surface area contributed by atoms with E-state index in [9.17, 15) is 14.4 Å². The third-order valence-corrected chi connectivity index (χ3v) is 2.51. The van der Waals surface area contributed by atoms with Crippen LogP contribution in [0.2, 0.25) is 0 Å². The molecule has 0 aliphatic rings. The number of aromatic nitrogens is 1. The normalized spacial score (nSPS) is 11.4. The van der Waals surface area contributed by atoms with Crippen molar-refractivity contribution in [2.45, 2.75) is 6.92 Å². The van der Waals surface area contributed by atoms with E-state index in [0.717, 1.165) is 16.9 Å². The number of rotatable bonds is 3. The van der Waals surface area contributed by atoms with Crippen molar-refractivity contribution in [2.24, 2.45) is 4.99 Å². The molecule has 0 aliphatic carbocycles. The van der Waals surface area contributed by atoms with Crippen molar-refractivity contribution in [3.8, 4) is 5.75 Å². The van der Waals surface area contributed by atoms with Gasteiger partial charge in [0.25, 0.3) is 5.91 Å². The maximum absolute atomic E-state index is 13.2. The van der Waals surface area contributed by atoms with Gasteiger partial charge in [0.1, 0.15) is 11.6 Å². The van der Waals surface area contributed by atoms with E-state index in [1.54, 1.807) is 19.1 Å². The van der Waals surface area contributed by atoms with Gasteiger partial charge in [-0.05, 0) is 31.2 Å². The number of carbonyl (C=O) groups is 1.